The summed E-state index contributed by atoms with van der Waals surface area (Å²) < 4.78 is 0. The minimum absolute atomic E-state index is 0.883. The first-order chi connectivity index (χ1) is 6.45. The summed E-state index contributed by atoms with van der Waals surface area (Å²) in [5.74, 6) is 1.31. The maximum atomic E-state index is 3.56. The van der Waals surface area contributed by atoms with Gasteiger partial charge < -0.3 is 10.6 Å². The summed E-state index contributed by atoms with van der Waals surface area (Å²) in [6, 6.07) is 0.883. The Morgan fingerprint density at radius 1 is 1.15 bits per heavy atom. The van der Waals surface area contributed by atoms with Gasteiger partial charge in [0.25, 0.3) is 0 Å². The van der Waals surface area contributed by atoms with Crippen LogP contribution in [0.25, 0.3) is 0 Å². The Hall–Kier alpha value is 0.270. The van der Waals surface area contributed by atoms with Crippen molar-refractivity contribution in [3.63, 3.8) is 0 Å². The molecule has 0 bridgehead atoms. The van der Waals surface area contributed by atoms with E-state index < -0.39 is 0 Å². The number of hydrogen-bond donors (Lipinski definition) is 2. The zero-order chi connectivity index (χ0) is 8.93. The van der Waals surface area contributed by atoms with E-state index in [1.54, 1.807) is 0 Å². The molecular formula is C10H20N2S. The molecule has 1 saturated carbocycles. The highest BCUT2D eigenvalue weighted by atomic mass is 32.2. The van der Waals surface area contributed by atoms with Crippen molar-refractivity contribution >= 4 is 11.8 Å². The molecule has 13 heavy (non-hydrogen) atoms. The highest BCUT2D eigenvalue weighted by Gasteiger charge is 2.20. The molecule has 2 nitrogen and oxygen atoms in total. The van der Waals surface area contributed by atoms with Crippen LogP contribution in [0.2, 0.25) is 0 Å². The quantitative estimate of drug-likeness (QED) is 0.653. The Bertz CT molecular complexity index is 142. The van der Waals surface area contributed by atoms with Gasteiger partial charge in [-0.2, -0.15) is 11.8 Å². The van der Waals surface area contributed by atoms with E-state index in [0.717, 1.165) is 11.3 Å². The zero-order valence-corrected chi connectivity index (χ0v) is 9.04. The Kier molecular flexibility index (Phi) is 3.94. The molecule has 0 atom stereocenters. The van der Waals surface area contributed by atoms with Gasteiger partial charge in [-0.05, 0) is 38.8 Å². The molecule has 1 saturated heterocycles. The minimum atomic E-state index is 0.883. The number of thioether (sulfide) groups is 1. The van der Waals surface area contributed by atoms with Crippen molar-refractivity contribution in [2.24, 2.45) is 0 Å². The SMILES string of the molecule is C1CC(SCCNC2CC2)CCN1. The summed E-state index contributed by atoms with van der Waals surface area (Å²) in [5, 5.41) is 7.90. The van der Waals surface area contributed by atoms with Crippen LogP contribution in [0, 0.1) is 0 Å². The minimum Gasteiger partial charge on any atom is -0.317 e. The third kappa shape index (κ3) is 3.88. The topological polar surface area (TPSA) is 24.1 Å². The molecule has 2 aliphatic rings. The molecule has 0 aromatic rings. The molecule has 1 heterocycles. The van der Waals surface area contributed by atoms with E-state index in [9.17, 15) is 0 Å². The predicted octanol–water partition coefficient (Wildman–Crippen LogP) is 1.22. The van der Waals surface area contributed by atoms with Crippen LogP contribution < -0.4 is 10.6 Å². The lowest BCUT2D eigenvalue weighted by Crippen LogP contribution is -2.30. The van der Waals surface area contributed by atoms with E-state index in [1.807, 2.05) is 0 Å². The van der Waals surface area contributed by atoms with Gasteiger partial charge in [0.1, 0.15) is 0 Å². The maximum Gasteiger partial charge on any atom is 0.00716 e. The first-order valence-electron chi connectivity index (χ1n) is 5.51. The average Bonchev–Trinajstić information content (AvgIpc) is 2.98. The van der Waals surface area contributed by atoms with Crippen LogP contribution in [-0.4, -0.2) is 36.7 Å². The number of rotatable bonds is 5. The van der Waals surface area contributed by atoms with Crippen molar-refractivity contribution < 1.29 is 0 Å². The van der Waals surface area contributed by atoms with Gasteiger partial charge in [-0.3, -0.25) is 0 Å². The van der Waals surface area contributed by atoms with Crippen LogP contribution in [0.3, 0.4) is 0 Å². The lowest BCUT2D eigenvalue weighted by atomic mass is 10.2. The molecule has 0 unspecified atom stereocenters. The summed E-state index contributed by atoms with van der Waals surface area (Å²) in [5.41, 5.74) is 0. The fraction of sp³-hybridized carbons (Fsp3) is 1.00. The van der Waals surface area contributed by atoms with Crippen LogP contribution in [0.5, 0.6) is 0 Å². The van der Waals surface area contributed by atoms with Crippen LogP contribution in [0.4, 0.5) is 0 Å². The lowest BCUT2D eigenvalue weighted by Gasteiger charge is -2.21. The third-order valence-corrected chi connectivity index (χ3v) is 4.13. The maximum absolute atomic E-state index is 3.56. The molecule has 3 heteroatoms. The van der Waals surface area contributed by atoms with Crippen molar-refractivity contribution in [3.05, 3.63) is 0 Å². The second-order valence-corrected chi connectivity index (χ2v) is 5.46. The molecule has 0 aromatic carbocycles. The van der Waals surface area contributed by atoms with Gasteiger partial charge in [0.05, 0.1) is 0 Å². The van der Waals surface area contributed by atoms with Crippen molar-refractivity contribution in [2.45, 2.75) is 37.0 Å². The molecule has 2 N–H and O–H groups in total. The summed E-state index contributed by atoms with van der Waals surface area (Å²) in [6.45, 7) is 3.68. The normalized spacial score (nSPS) is 24.9. The lowest BCUT2D eigenvalue weighted by molar-refractivity contribution is 0.531. The standard InChI is InChI=1S/C10H20N2S/c1-2-9(1)12-7-8-13-10-3-5-11-6-4-10/h9-12H,1-8H2. The molecule has 1 aliphatic heterocycles. The Morgan fingerprint density at radius 3 is 2.62 bits per heavy atom. The summed E-state index contributed by atoms with van der Waals surface area (Å²) >= 11 is 2.16. The van der Waals surface area contributed by atoms with Crippen LogP contribution in [-0.2, 0) is 0 Å². The highest BCUT2D eigenvalue weighted by molar-refractivity contribution is 7.99. The van der Waals surface area contributed by atoms with Gasteiger partial charge in [0, 0.05) is 23.6 Å². The second kappa shape index (κ2) is 5.23. The van der Waals surface area contributed by atoms with Crippen molar-refractivity contribution in [3.8, 4) is 0 Å². The first kappa shape index (κ1) is 9.81. The van der Waals surface area contributed by atoms with Gasteiger partial charge in [0.15, 0.2) is 0 Å². The molecule has 2 rings (SSSR count). The van der Waals surface area contributed by atoms with Crippen LogP contribution in [0.15, 0.2) is 0 Å². The molecule has 76 valence electrons. The molecule has 0 radical (unpaired) electrons. The van der Waals surface area contributed by atoms with E-state index in [1.165, 1.54) is 51.1 Å². The largest absolute Gasteiger partial charge is 0.317 e. The average molecular weight is 200 g/mol. The van der Waals surface area contributed by atoms with E-state index >= 15 is 0 Å². The Morgan fingerprint density at radius 2 is 1.92 bits per heavy atom. The first-order valence-corrected chi connectivity index (χ1v) is 6.56. The van der Waals surface area contributed by atoms with E-state index in [0.29, 0.717) is 0 Å². The number of nitrogens with one attached hydrogen (secondary N) is 2. The molecular weight excluding hydrogens is 180 g/mol. The van der Waals surface area contributed by atoms with E-state index in [4.69, 9.17) is 0 Å². The van der Waals surface area contributed by atoms with E-state index in [2.05, 4.69) is 22.4 Å². The van der Waals surface area contributed by atoms with Crippen molar-refractivity contribution in [1.82, 2.24) is 10.6 Å². The summed E-state index contributed by atoms with van der Waals surface area (Å²) in [4.78, 5) is 0. The van der Waals surface area contributed by atoms with Gasteiger partial charge in [-0.25, -0.2) is 0 Å². The second-order valence-electron chi connectivity index (χ2n) is 4.05. The monoisotopic (exact) mass is 200 g/mol. The zero-order valence-electron chi connectivity index (χ0n) is 8.22. The molecule has 2 fully saturated rings. The van der Waals surface area contributed by atoms with Gasteiger partial charge >= 0.3 is 0 Å². The predicted molar refractivity (Wildman–Crippen MR) is 59.4 cm³/mol. The van der Waals surface area contributed by atoms with Crippen LogP contribution >= 0.6 is 11.8 Å². The summed E-state index contributed by atoms with van der Waals surface area (Å²) in [6.07, 6.45) is 5.57. The summed E-state index contributed by atoms with van der Waals surface area (Å²) in [7, 11) is 0. The van der Waals surface area contributed by atoms with Crippen molar-refractivity contribution in [1.29, 1.82) is 0 Å². The molecule has 0 spiro atoms. The third-order valence-electron chi connectivity index (χ3n) is 2.75. The smallest absolute Gasteiger partial charge is 0.00716 e. The van der Waals surface area contributed by atoms with Gasteiger partial charge in [0.2, 0.25) is 0 Å². The fourth-order valence-corrected chi connectivity index (χ4v) is 2.88. The molecule has 0 aromatic heterocycles. The Labute approximate surface area is 85.2 Å². The van der Waals surface area contributed by atoms with Gasteiger partial charge in [-0.15, -0.1) is 0 Å². The Balaban J connectivity index is 1.46. The fourth-order valence-electron chi connectivity index (χ4n) is 1.74. The van der Waals surface area contributed by atoms with Crippen molar-refractivity contribution in [2.75, 3.05) is 25.4 Å². The van der Waals surface area contributed by atoms with E-state index in [-0.39, 0.29) is 0 Å². The van der Waals surface area contributed by atoms with Crippen LogP contribution in [0.1, 0.15) is 25.7 Å². The highest BCUT2D eigenvalue weighted by Crippen LogP contribution is 2.21. The number of hydrogen-bond acceptors (Lipinski definition) is 3. The molecule has 0 amide bonds. The van der Waals surface area contributed by atoms with Gasteiger partial charge in [-0.1, -0.05) is 0 Å². The number of piperidine rings is 1. The molecule has 1 aliphatic carbocycles.